The molecule has 3 nitrogen and oxygen atoms in total. The first-order valence-electron chi connectivity index (χ1n) is 7.55. The highest BCUT2D eigenvalue weighted by atomic mass is 31.1. The Kier molecular flexibility index (Phi) is 12.3. The predicted molar refractivity (Wildman–Crippen MR) is 78.4 cm³/mol. The van der Waals surface area contributed by atoms with Gasteiger partial charge < -0.3 is 9.05 Å². The maximum Gasteiger partial charge on any atom is 0.319 e. The maximum absolute atomic E-state index is 11.9. The third-order valence-corrected chi connectivity index (χ3v) is 4.02. The first kappa shape index (κ1) is 18.1. The van der Waals surface area contributed by atoms with E-state index in [1.807, 2.05) is 0 Å². The van der Waals surface area contributed by atoms with Crippen molar-refractivity contribution in [1.82, 2.24) is 0 Å². The molecule has 0 saturated heterocycles. The van der Waals surface area contributed by atoms with Gasteiger partial charge in [0.1, 0.15) is 0 Å². The quantitative estimate of drug-likeness (QED) is 0.451. The lowest BCUT2D eigenvalue weighted by Crippen LogP contribution is -2.12. The van der Waals surface area contributed by atoms with Gasteiger partial charge in [-0.2, -0.15) is 0 Å². The molecule has 0 N–H and O–H groups in total. The molecule has 0 atom stereocenters. The van der Waals surface area contributed by atoms with E-state index in [0.717, 1.165) is 51.4 Å². The second-order valence-electron chi connectivity index (χ2n) is 4.88. The lowest BCUT2D eigenvalue weighted by Gasteiger charge is -2.20. The average Bonchev–Trinajstić information content (AvgIpc) is 2.30. The van der Waals surface area contributed by atoms with Gasteiger partial charge in [-0.05, 0) is 25.7 Å². The summed E-state index contributed by atoms with van der Waals surface area (Å²) in [4.78, 5) is 0. The number of hydrogen-bond acceptors (Lipinski definition) is 3. The molecular weight excluding hydrogens is 247 g/mol. The Balaban J connectivity index is 4.09. The molecule has 18 heavy (non-hydrogen) atoms. The van der Waals surface area contributed by atoms with Crippen molar-refractivity contribution in [3.05, 3.63) is 0 Å². The van der Waals surface area contributed by atoms with E-state index in [9.17, 15) is 4.57 Å². The summed E-state index contributed by atoms with van der Waals surface area (Å²) in [6.45, 7) is 8.50. The molecule has 0 radical (unpaired) electrons. The summed E-state index contributed by atoms with van der Waals surface area (Å²) < 4.78 is 23.1. The summed E-state index contributed by atoms with van der Waals surface area (Å²) >= 11 is 0. The van der Waals surface area contributed by atoms with Crippen LogP contribution in [0, 0.1) is 0 Å². The van der Waals surface area contributed by atoms with Gasteiger partial charge in [0.05, 0.1) is 12.2 Å². The van der Waals surface area contributed by atoms with E-state index in [1.54, 1.807) is 0 Å². The van der Waals surface area contributed by atoms with Crippen LogP contribution in [0.4, 0.5) is 0 Å². The van der Waals surface area contributed by atoms with Crippen LogP contribution in [0.15, 0.2) is 0 Å². The smallest absolute Gasteiger partial charge is 0.307 e. The van der Waals surface area contributed by atoms with Gasteiger partial charge >= 0.3 is 8.25 Å². The molecule has 0 spiro atoms. The minimum absolute atomic E-state index is 0.107. The van der Waals surface area contributed by atoms with Crippen LogP contribution in [-0.4, -0.2) is 12.2 Å². The second kappa shape index (κ2) is 12.2. The molecule has 110 valence electrons. The molecule has 0 aliphatic heterocycles. The lowest BCUT2D eigenvalue weighted by atomic mass is 10.1. The zero-order valence-corrected chi connectivity index (χ0v) is 13.5. The van der Waals surface area contributed by atoms with E-state index in [-0.39, 0.29) is 12.2 Å². The van der Waals surface area contributed by atoms with Crippen molar-refractivity contribution in [3.8, 4) is 0 Å². The molecule has 0 aromatic heterocycles. The molecule has 4 heteroatoms. The van der Waals surface area contributed by atoms with Crippen molar-refractivity contribution in [2.45, 2.75) is 91.3 Å². The van der Waals surface area contributed by atoms with Gasteiger partial charge in [-0.25, -0.2) is 0 Å². The van der Waals surface area contributed by atoms with Crippen molar-refractivity contribution in [2.75, 3.05) is 0 Å². The third-order valence-electron chi connectivity index (χ3n) is 2.97. The van der Waals surface area contributed by atoms with Gasteiger partial charge in [0.25, 0.3) is 0 Å². The Morgan fingerprint density at radius 1 is 0.722 bits per heavy atom. The Labute approximate surface area is 114 Å². The van der Waals surface area contributed by atoms with E-state index in [1.165, 1.54) is 0 Å². The highest BCUT2D eigenvalue weighted by Gasteiger charge is 2.15. The molecule has 0 bridgehead atoms. The Bertz CT molecular complexity index is 177. The minimum Gasteiger partial charge on any atom is -0.307 e. The molecule has 0 heterocycles. The van der Waals surface area contributed by atoms with Crippen LogP contribution in [-0.2, 0) is 13.6 Å². The summed E-state index contributed by atoms with van der Waals surface area (Å²) in [5.74, 6) is 0. The summed E-state index contributed by atoms with van der Waals surface area (Å²) in [7, 11) is -2.32. The Morgan fingerprint density at radius 3 is 1.22 bits per heavy atom. The average molecular weight is 278 g/mol. The fourth-order valence-corrected chi connectivity index (χ4v) is 3.18. The molecule has 0 aliphatic carbocycles. The second-order valence-corrected chi connectivity index (χ2v) is 5.86. The number of rotatable bonds is 12. The molecule has 0 unspecified atom stereocenters. The largest absolute Gasteiger partial charge is 0.319 e. The van der Waals surface area contributed by atoms with E-state index >= 15 is 0 Å². The van der Waals surface area contributed by atoms with Gasteiger partial charge in [-0.15, -0.1) is 0 Å². The summed E-state index contributed by atoms with van der Waals surface area (Å²) in [5.41, 5.74) is 0. The van der Waals surface area contributed by atoms with E-state index in [2.05, 4.69) is 27.7 Å². The topological polar surface area (TPSA) is 35.5 Å². The predicted octanol–water partition coefficient (Wildman–Crippen LogP) is 5.35. The van der Waals surface area contributed by atoms with Gasteiger partial charge in [-0.3, -0.25) is 4.57 Å². The van der Waals surface area contributed by atoms with Crippen molar-refractivity contribution < 1.29 is 13.6 Å². The van der Waals surface area contributed by atoms with Gasteiger partial charge in [-0.1, -0.05) is 53.4 Å². The number of hydrogen-bond donors (Lipinski definition) is 0. The standard InChI is InChI=1S/C14H31O3P/c1-5-9-13(10-6-2)16-18(15)17-14(11-7-3)12-8-4/h13-14,18H,5-12H2,1-4H3. The maximum atomic E-state index is 11.9. The van der Waals surface area contributed by atoms with Crippen LogP contribution in [0.1, 0.15) is 79.1 Å². The van der Waals surface area contributed by atoms with Crippen LogP contribution >= 0.6 is 8.25 Å². The monoisotopic (exact) mass is 278 g/mol. The van der Waals surface area contributed by atoms with Crippen LogP contribution in [0.3, 0.4) is 0 Å². The van der Waals surface area contributed by atoms with Gasteiger partial charge in [0.2, 0.25) is 0 Å². The molecule has 0 fully saturated rings. The fraction of sp³-hybridized carbons (Fsp3) is 1.00. The fourth-order valence-electron chi connectivity index (χ4n) is 2.11. The minimum atomic E-state index is -2.32. The van der Waals surface area contributed by atoms with E-state index in [0.29, 0.717) is 0 Å². The van der Waals surface area contributed by atoms with Crippen molar-refractivity contribution >= 4 is 8.25 Å². The van der Waals surface area contributed by atoms with Crippen molar-refractivity contribution in [3.63, 3.8) is 0 Å². The van der Waals surface area contributed by atoms with Crippen LogP contribution < -0.4 is 0 Å². The SMILES string of the molecule is CCCC(CCC)O[PH](=O)OC(CCC)CCC. The lowest BCUT2D eigenvalue weighted by molar-refractivity contribution is 0.110. The first-order chi connectivity index (χ1) is 8.67. The molecule has 0 rings (SSSR count). The molecule has 0 aliphatic rings. The summed E-state index contributed by atoms with van der Waals surface area (Å²) in [5, 5.41) is 0. The zero-order valence-electron chi connectivity index (χ0n) is 12.5. The highest BCUT2D eigenvalue weighted by molar-refractivity contribution is 7.33. The van der Waals surface area contributed by atoms with Crippen LogP contribution in [0.25, 0.3) is 0 Å². The highest BCUT2D eigenvalue weighted by Crippen LogP contribution is 2.33. The van der Waals surface area contributed by atoms with Gasteiger partial charge in [0, 0.05) is 0 Å². The molecule has 0 aromatic carbocycles. The molecule has 0 amide bonds. The zero-order chi connectivity index (χ0) is 13.8. The van der Waals surface area contributed by atoms with Gasteiger partial charge in [0.15, 0.2) is 0 Å². The van der Waals surface area contributed by atoms with Crippen LogP contribution in [0.2, 0.25) is 0 Å². The van der Waals surface area contributed by atoms with E-state index in [4.69, 9.17) is 9.05 Å². The molecule has 0 saturated carbocycles. The van der Waals surface area contributed by atoms with Crippen LogP contribution in [0.5, 0.6) is 0 Å². The Morgan fingerprint density at radius 2 is 1.00 bits per heavy atom. The molecular formula is C14H31O3P. The molecule has 0 aromatic rings. The first-order valence-corrected chi connectivity index (χ1v) is 8.77. The van der Waals surface area contributed by atoms with Crippen molar-refractivity contribution in [1.29, 1.82) is 0 Å². The Hall–Kier alpha value is 0.150. The summed E-state index contributed by atoms with van der Waals surface area (Å²) in [6.07, 6.45) is 8.35. The van der Waals surface area contributed by atoms with E-state index < -0.39 is 8.25 Å². The normalized spacial score (nSPS) is 11.9. The van der Waals surface area contributed by atoms with Crippen molar-refractivity contribution in [2.24, 2.45) is 0 Å². The summed E-state index contributed by atoms with van der Waals surface area (Å²) in [6, 6.07) is 0. The third kappa shape index (κ3) is 9.13.